The highest BCUT2D eigenvalue weighted by molar-refractivity contribution is 5.52. The zero-order valence-electron chi connectivity index (χ0n) is 36.7. The number of hydrogen-bond donors (Lipinski definition) is 0. The molecule has 0 aliphatic carbocycles. The molecule has 0 atom stereocenters. The molecular formula is C69H20O. The summed E-state index contributed by atoms with van der Waals surface area (Å²) in [4.78, 5) is 0. The zero-order chi connectivity index (χ0) is 49.7. The molecule has 0 aliphatic rings. The van der Waals surface area contributed by atoms with Crippen molar-refractivity contribution in [3.8, 4) is 349 Å². The smallest absolute Gasteiger partial charge is 0.118 e. The Hall–Kier alpha value is -13.7. The largest absolute Gasteiger partial charge is 0.497 e. The van der Waals surface area contributed by atoms with Gasteiger partial charge in [0.1, 0.15) is 5.75 Å². The minimum Gasteiger partial charge on any atom is -0.497 e. The highest BCUT2D eigenvalue weighted by Gasteiger charge is 1.85. The Bertz CT molecular complexity index is 3930. The monoisotopic (exact) mass is 864 g/mol. The van der Waals surface area contributed by atoms with Crippen LogP contribution in [0.15, 0.2) is 24.3 Å². The molecule has 0 unspecified atom stereocenters. The Balaban J connectivity index is 0. The lowest BCUT2D eigenvalue weighted by molar-refractivity contribution is 0.414. The highest BCUT2D eigenvalue weighted by Crippen LogP contribution is 2.09. The maximum Gasteiger partial charge on any atom is 0.118 e. The Morgan fingerprint density at radius 1 is 0.214 bits per heavy atom. The van der Waals surface area contributed by atoms with Crippen LogP contribution in [0.25, 0.3) is 0 Å². The number of aryl methyl sites for hydroxylation is 1. The number of methoxy groups -OCH3 is 1. The Kier molecular flexibility index (Phi) is 44.4. The average molecular weight is 865 g/mol. The van der Waals surface area contributed by atoms with Crippen molar-refractivity contribution >= 4 is 0 Å². The SMILES string of the molecule is C.CC#CC#CC#CC#CC#CC#CC#CC#CC#CC#CC#CC#CC#CC#CC#CC#CC#CC#CC#CC#CC#CC#CC#CC#CC#CC#CC#CC#CC#CC.COc1ccc(C)cc1. The van der Waals surface area contributed by atoms with Gasteiger partial charge in [0.25, 0.3) is 0 Å². The summed E-state index contributed by atoms with van der Waals surface area (Å²) in [5, 5.41) is 0. The van der Waals surface area contributed by atoms with Gasteiger partial charge < -0.3 is 4.74 Å². The summed E-state index contributed by atoms with van der Waals surface area (Å²) < 4.78 is 4.97. The third-order valence-electron chi connectivity index (χ3n) is 4.94. The van der Waals surface area contributed by atoms with Gasteiger partial charge in [-0.25, -0.2) is 0 Å². The van der Waals surface area contributed by atoms with E-state index in [-0.39, 0.29) is 7.43 Å². The summed E-state index contributed by atoms with van der Waals surface area (Å²) in [6.07, 6.45) is 0. The van der Waals surface area contributed by atoms with Gasteiger partial charge in [0, 0.05) is 237 Å². The molecule has 1 nitrogen and oxygen atoms in total. The lowest BCUT2D eigenvalue weighted by Crippen LogP contribution is -1.80. The standard InChI is InChI=1S/C60H6.C8H10O.CH4/c1-3-5-7-9-11-13-15-17-19-21-23-25-27-29-31-33-35-37-39-41-43-45-47-49-51-53-55-57-59-60-58-56-54-52-50-48-46-44-42-40-38-36-34-32-30-28-26-24-22-20-18-16-14-12-10-8-6-4-2;1-7-3-5-8(9-2)6-4-7;/h1-2H3;3-6H,1-2H3;1H4. The highest BCUT2D eigenvalue weighted by atomic mass is 16.5. The first-order valence-corrected chi connectivity index (χ1v) is 18.2. The van der Waals surface area contributed by atoms with E-state index in [0.29, 0.717) is 0 Å². The first-order chi connectivity index (χ1) is 34.2. The third-order valence-corrected chi connectivity index (χ3v) is 4.94. The topological polar surface area (TPSA) is 9.23 Å². The van der Waals surface area contributed by atoms with Crippen molar-refractivity contribution in [2.75, 3.05) is 7.11 Å². The summed E-state index contributed by atoms with van der Waals surface area (Å²) in [6, 6.07) is 7.96. The minimum absolute atomic E-state index is 0. The van der Waals surface area contributed by atoms with Crippen LogP contribution < -0.4 is 4.74 Å². The molecule has 1 aromatic carbocycles. The first kappa shape index (κ1) is 58.4. The van der Waals surface area contributed by atoms with Crippen LogP contribution in [0.2, 0.25) is 0 Å². The Labute approximate surface area is 417 Å². The van der Waals surface area contributed by atoms with Gasteiger partial charge in [-0.1, -0.05) is 37.0 Å². The van der Waals surface area contributed by atoms with Crippen molar-refractivity contribution in [2.24, 2.45) is 0 Å². The van der Waals surface area contributed by atoms with Crippen LogP contribution in [-0.4, -0.2) is 7.11 Å². The zero-order valence-corrected chi connectivity index (χ0v) is 36.7. The van der Waals surface area contributed by atoms with Gasteiger partial charge >= 0.3 is 0 Å². The Morgan fingerprint density at radius 3 is 0.429 bits per heavy atom. The molecule has 0 N–H and O–H groups in total. The fourth-order valence-electron chi connectivity index (χ4n) is 2.49. The fourth-order valence-corrected chi connectivity index (χ4v) is 2.49. The van der Waals surface area contributed by atoms with E-state index in [1.165, 1.54) is 5.56 Å². The van der Waals surface area contributed by atoms with Crippen LogP contribution in [0, 0.1) is 350 Å². The summed E-state index contributed by atoms with van der Waals surface area (Å²) in [5.74, 6) is 147. The molecule has 0 saturated heterocycles. The van der Waals surface area contributed by atoms with Gasteiger partial charge in [-0.2, -0.15) is 0 Å². The second-order valence-corrected chi connectivity index (χ2v) is 9.52. The summed E-state index contributed by atoms with van der Waals surface area (Å²) in [7, 11) is 1.67. The lowest BCUT2D eigenvalue weighted by atomic mass is 10.2. The third kappa shape index (κ3) is 50.4. The van der Waals surface area contributed by atoms with Gasteiger partial charge in [-0.15, -0.1) is 0 Å². The fraction of sp³-hybridized carbons (Fsp3) is 0.0725. The molecule has 1 rings (SSSR count). The van der Waals surface area contributed by atoms with Crippen LogP contribution in [0.4, 0.5) is 0 Å². The molecule has 0 amide bonds. The van der Waals surface area contributed by atoms with Gasteiger partial charge in [-0.3, -0.25) is 0 Å². The van der Waals surface area contributed by atoms with Crippen LogP contribution in [0.5, 0.6) is 5.75 Å². The van der Waals surface area contributed by atoms with E-state index in [4.69, 9.17) is 4.74 Å². The molecule has 0 heterocycles. The summed E-state index contributed by atoms with van der Waals surface area (Å²) in [5.41, 5.74) is 1.26. The van der Waals surface area contributed by atoms with Crippen molar-refractivity contribution < 1.29 is 4.74 Å². The molecule has 302 valence electrons. The number of hydrogen-bond acceptors (Lipinski definition) is 1. The lowest BCUT2D eigenvalue weighted by Gasteiger charge is -1.97. The normalized spacial score (nSPS) is 4.57. The molecule has 0 radical (unpaired) electrons. The maximum absolute atomic E-state index is 4.97. The van der Waals surface area contributed by atoms with Gasteiger partial charge in [0.2, 0.25) is 0 Å². The predicted octanol–water partition coefficient (Wildman–Crippen LogP) is 3.76. The van der Waals surface area contributed by atoms with Gasteiger partial charge in [-0.05, 0) is 128 Å². The number of ether oxygens (including phenoxy) is 1. The second-order valence-electron chi connectivity index (χ2n) is 9.52. The van der Waals surface area contributed by atoms with Crippen molar-refractivity contribution in [2.45, 2.75) is 28.2 Å². The van der Waals surface area contributed by atoms with E-state index in [1.54, 1.807) is 21.0 Å². The Morgan fingerprint density at radius 2 is 0.329 bits per heavy atom. The quantitative estimate of drug-likeness (QED) is 0.392. The van der Waals surface area contributed by atoms with Crippen molar-refractivity contribution in [3.05, 3.63) is 29.8 Å². The van der Waals surface area contributed by atoms with Crippen LogP contribution >= 0.6 is 0 Å². The molecule has 70 heavy (non-hydrogen) atoms. The van der Waals surface area contributed by atoms with E-state index in [9.17, 15) is 0 Å². The molecule has 1 aromatic rings. The number of benzene rings is 1. The van der Waals surface area contributed by atoms with Crippen LogP contribution in [0.1, 0.15) is 26.8 Å². The van der Waals surface area contributed by atoms with E-state index in [0.717, 1.165) is 5.75 Å². The molecule has 0 bridgehead atoms. The van der Waals surface area contributed by atoms with Gasteiger partial charge in [0.05, 0.1) is 7.11 Å². The van der Waals surface area contributed by atoms with E-state index >= 15 is 0 Å². The summed E-state index contributed by atoms with van der Waals surface area (Å²) >= 11 is 0. The molecule has 0 saturated carbocycles. The molecule has 0 aromatic heterocycles. The minimum atomic E-state index is 0. The molecule has 0 fully saturated rings. The molecule has 0 aliphatic heterocycles. The van der Waals surface area contributed by atoms with Gasteiger partial charge in [0.15, 0.2) is 0 Å². The number of rotatable bonds is 1. The molecular weight excluding hydrogens is 845 g/mol. The van der Waals surface area contributed by atoms with Crippen LogP contribution in [0.3, 0.4) is 0 Å². The van der Waals surface area contributed by atoms with Crippen molar-refractivity contribution in [1.29, 1.82) is 0 Å². The van der Waals surface area contributed by atoms with E-state index < -0.39 is 0 Å². The van der Waals surface area contributed by atoms with Crippen molar-refractivity contribution in [1.82, 2.24) is 0 Å². The van der Waals surface area contributed by atoms with E-state index in [2.05, 4.69) is 350 Å². The van der Waals surface area contributed by atoms with E-state index in [1.807, 2.05) is 24.3 Å². The maximum atomic E-state index is 4.97. The molecule has 0 spiro atoms. The average Bonchev–Trinajstić information content (AvgIpc) is 3.36. The second kappa shape index (κ2) is 53.3. The predicted molar refractivity (Wildman–Crippen MR) is 281 cm³/mol. The van der Waals surface area contributed by atoms with Crippen molar-refractivity contribution in [3.63, 3.8) is 0 Å². The molecule has 1 heteroatoms. The first-order valence-electron chi connectivity index (χ1n) is 18.2. The van der Waals surface area contributed by atoms with Crippen LogP contribution in [-0.2, 0) is 0 Å². The summed E-state index contributed by atoms with van der Waals surface area (Å²) in [6.45, 7) is 5.43.